The lowest BCUT2D eigenvalue weighted by Crippen LogP contribution is -2.07. The van der Waals surface area contributed by atoms with E-state index in [0.717, 1.165) is 44.4 Å². The third kappa shape index (κ3) is 3.99. The van der Waals surface area contributed by atoms with Gasteiger partial charge in [0.25, 0.3) is 0 Å². The van der Waals surface area contributed by atoms with Crippen LogP contribution in [0, 0.1) is 5.82 Å². The van der Waals surface area contributed by atoms with Gasteiger partial charge >= 0.3 is 0 Å². The first kappa shape index (κ1) is 20.3. The Kier molecular flexibility index (Phi) is 5.41. The van der Waals surface area contributed by atoms with E-state index in [0.29, 0.717) is 5.82 Å². The van der Waals surface area contributed by atoms with Crippen molar-refractivity contribution in [2.75, 3.05) is 11.6 Å². The molecule has 0 aliphatic heterocycles. The standard InChI is InChI=1S/C25H21FN4OS/c1-15(21-13-17-5-3-4-6-20(17)31-21)28-22-14-18(11-12-27-22)24-23(29-25(30-24)32-2)16-7-9-19(26)10-8-16/h3-15H,1-2H3,(H,27,28)(H,29,30). The van der Waals surface area contributed by atoms with Gasteiger partial charge in [0.05, 0.1) is 17.4 Å². The molecule has 32 heavy (non-hydrogen) atoms. The SMILES string of the molecule is CSc1nc(-c2ccnc(NC(C)c3cc4ccccc4o3)c2)c(-c2ccc(F)cc2)[nH]1. The lowest BCUT2D eigenvalue weighted by Gasteiger charge is -2.13. The molecule has 3 heterocycles. The van der Waals surface area contributed by atoms with Gasteiger partial charge in [-0.25, -0.2) is 14.4 Å². The van der Waals surface area contributed by atoms with Crippen LogP contribution in [0.25, 0.3) is 33.5 Å². The fraction of sp³-hybridized carbons (Fsp3) is 0.120. The molecule has 5 aromatic rings. The topological polar surface area (TPSA) is 66.7 Å². The molecular formula is C25H21FN4OS. The number of H-pyrrole nitrogens is 1. The summed E-state index contributed by atoms with van der Waals surface area (Å²) in [7, 11) is 0. The Morgan fingerprint density at radius 1 is 1.03 bits per heavy atom. The number of hydrogen-bond donors (Lipinski definition) is 2. The summed E-state index contributed by atoms with van der Waals surface area (Å²) < 4.78 is 19.4. The third-order valence-corrected chi connectivity index (χ3v) is 5.86. The van der Waals surface area contributed by atoms with Crippen LogP contribution in [0.15, 0.2) is 82.5 Å². The first-order valence-corrected chi connectivity index (χ1v) is 11.4. The van der Waals surface area contributed by atoms with Crippen molar-refractivity contribution in [2.24, 2.45) is 0 Å². The molecule has 0 bridgehead atoms. The monoisotopic (exact) mass is 444 g/mol. The normalized spacial score (nSPS) is 12.2. The first-order valence-electron chi connectivity index (χ1n) is 10.2. The summed E-state index contributed by atoms with van der Waals surface area (Å²) in [6.45, 7) is 2.04. The number of aromatic nitrogens is 3. The highest BCUT2D eigenvalue weighted by atomic mass is 32.2. The lowest BCUT2D eigenvalue weighted by molar-refractivity contribution is 0.525. The van der Waals surface area contributed by atoms with Crippen LogP contribution in [-0.4, -0.2) is 21.2 Å². The van der Waals surface area contributed by atoms with Crippen LogP contribution in [0.1, 0.15) is 18.7 Å². The molecule has 7 heteroatoms. The second kappa shape index (κ2) is 8.51. The Balaban J connectivity index is 1.46. The van der Waals surface area contributed by atoms with Gasteiger partial charge in [0, 0.05) is 22.7 Å². The Morgan fingerprint density at radius 2 is 1.84 bits per heavy atom. The molecular weight excluding hydrogens is 423 g/mol. The van der Waals surface area contributed by atoms with Crippen molar-refractivity contribution in [3.63, 3.8) is 0 Å². The minimum Gasteiger partial charge on any atom is -0.459 e. The molecule has 0 saturated heterocycles. The molecule has 0 amide bonds. The van der Waals surface area contributed by atoms with Crippen LogP contribution in [0.2, 0.25) is 0 Å². The summed E-state index contributed by atoms with van der Waals surface area (Å²) >= 11 is 1.53. The largest absolute Gasteiger partial charge is 0.459 e. The first-order chi connectivity index (χ1) is 15.6. The minimum atomic E-state index is -0.269. The maximum Gasteiger partial charge on any atom is 0.166 e. The number of thioether (sulfide) groups is 1. The van der Waals surface area contributed by atoms with E-state index in [1.165, 1.54) is 23.9 Å². The maximum absolute atomic E-state index is 13.4. The number of nitrogens with one attached hydrogen (secondary N) is 2. The van der Waals surface area contributed by atoms with Crippen LogP contribution in [0.4, 0.5) is 10.2 Å². The summed E-state index contributed by atoms with van der Waals surface area (Å²) in [5, 5.41) is 5.28. The molecule has 0 radical (unpaired) electrons. The Labute approximate surface area is 189 Å². The van der Waals surface area contributed by atoms with Crippen LogP contribution >= 0.6 is 11.8 Å². The van der Waals surface area contributed by atoms with E-state index in [-0.39, 0.29) is 11.9 Å². The van der Waals surface area contributed by atoms with E-state index >= 15 is 0 Å². The Morgan fingerprint density at radius 3 is 2.62 bits per heavy atom. The van der Waals surface area contributed by atoms with E-state index < -0.39 is 0 Å². The number of pyridine rings is 1. The summed E-state index contributed by atoms with van der Waals surface area (Å²) in [5.74, 6) is 1.29. The maximum atomic E-state index is 13.4. The zero-order valence-electron chi connectivity index (χ0n) is 17.6. The molecule has 0 fully saturated rings. The van der Waals surface area contributed by atoms with Crippen molar-refractivity contribution >= 4 is 28.5 Å². The summed E-state index contributed by atoms with van der Waals surface area (Å²) in [4.78, 5) is 12.6. The van der Waals surface area contributed by atoms with Crippen molar-refractivity contribution in [3.05, 3.63) is 84.5 Å². The number of furan rings is 1. The predicted octanol–water partition coefficient (Wildman–Crippen LogP) is 6.92. The van der Waals surface area contributed by atoms with E-state index in [1.807, 2.05) is 55.6 Å². The molecule has 5 rings (SSSR count). The van der Waals surface area contributed by atoms with Gasteiger partial charge in [0.1, 0.15) is 23.0 Å². The highest BCUT2D eigenvalue weighted by Crippen LogP contribution is 2.33. The zero-order valence-corrected chi connectivity index (χ0v) is 18.4. The van der Waals surface area contributed by atoms with Crippen molar-refractivity contribution in [1.82, 2.24) is 15.0 Å². The molecule has 160 valence electrons. The number of anilines is 1. The number of imidazole rings is 1. The van der Waals surface area contributed by atoms with Crippen LogP contribution in [-0.2, 0) is 0 Å². The molecule has 1 atom stereocenters. The number of nitrogens with zero attached hydrogens (tertiary/aromatic N) is 2. The molecule has 0 spiro atoms. The molecule has 0 saturated carbocycles. The number of para-hydroxylation sites is 1. The third-order valence-electron chi connectivity index (χ3n) is 5.28. The number of hydrogen-bond acceptors (Lipinski definition) is 5. The van der Waals surface area contributed by atoms with Gasteiger partial charge in [-0.3, -0.25) is 0 Å². The highest BCUT2D eigenvalue weighted by molar-refractivity contribution is 7.98. The number of halogens is 1. The fourth-order valence-corrected chi connectivity index (χ4v) is 4.03. The molecule has 0 aliphatic carbocycles. The number of aromatic amines is 1. The van der Waals surface area contributed by atoms with Crippen LogP contribution in [0.3, 0.4) is 0 Å². The average molecular weight is 445 g/mol. The average Bonchev–Trinajstić information content (AvgIpc) is 3.44. The van der Waals surface area contributed by atoms with Crippen LogP contribution < -0.4 is 5.32 Å². The number of fused-ring (bicyclic) bond motifs is 1. The van der Waals surface area contributed by atoms with Gasteiger partial charge in [0.15, 0.2) is 5.16 Å². The molecule has 2 aromatic carbocycles. The van der Waals surface area contributed by atoms with Crippen molar-refractivity contribution < 1.29 is 8.81 Å². The van der Waals surface area contributed by atoms with Crippen LogP contribution in [0.5, 0.6) is 0 Å². The number of rotatable bonds is 6. The molecule has 1 unspecified atom stereocenters. The van der Waals surface area contributed by atoms with Crippen molar-refractivity contribution in [3.8, 4) is 22.5 Å². The fourth-order valence-electron chi connectivity index (χ4n) is 3.65. The quantitative estimate of drug-likeness (QED) is 0.278. The van der Waals surface area contributed by atoms with Gasteiger partial charge in [-0.2, -0.15) is 0 Å². The second-order valence-electron chi connectivity index (χ2n) is 7.46. The van der Waals surface area contributed by atoms with E-state index in [4.69, 9.17) is 9.40 Å². The molecule has 5 nitrogen and oxygen atoms in total. The summed E-state index contributed by atoms with van der Waals surface area (Å²) in [6, 6.07) is 20.2. The van der Waals surface area contributed by atoms with E-state index in [2.05, 4.69) is 15.3 Å². The number of benzene rings is 2. The Bertz CT molecular complexity index is 1340. The summed E-state index contributed by atoms with van der Waals surface area (Å²) in [5.41, 5.74) is 4.29. The van der Waals surface area contributed by atoms with E-state index in [1.54, 1.807) is 18.3 Å². The van der Waals surface area contributed by atoms with Gasteiger partial charge < -0.3 is 14.7 Å². The minimum absolute atomic E-state index is 0.0670. The zero-order chi connectivity index (χ0) is 22.1. The highest BCUT2D eigenvalue weighted by Gasteiger charge is 2.16. The Hall–Kier alpha value is -3.58. The van der Waals surface area contributed by atoms with Crippen molar-refractivity contribution in [2.45, 2.75) is 18.1 Å². The van der Waals surface area contributed by atoms with Gasteiger partial charge in [-0.1, -0.05) is 30.0 Å². The molecule has 2 N–H and O–H groups in total. The van der Waals surface area contributed by atoms with Crippen molar-refractivity contribution in [1.29, 1.82) is 0 Å². The van der Waals surface area contributed by atoms with Gasteiger partial charge in [-0.05, 0) is 61.7 Å². The van der Waals surface area contributed by atoms with E-state index in [9.17, 15) is 4.39 Å². The smallest absolute Gasteiger partial charge is 0.166 e. The molecule has 3 aromatic heterocycles. The molecule has 0 aliphatic rings. The lowest BCUT2D eigenvalue weighted by atomic mass is 10.1. The summed E-state index contributed by atoms with van der Waals surface area (Å²) in [6.07, 6.45) is 3.72. The van der Waals surface area contributed by atoms with Gasteiger partial charge in [0.2, 0.25) is 0 Å². The van der Waals surface area contributed by atoms with Gasteiger partial charge in [-0.15, -0.1) is 0 Å². The predicted molar refractivity (Wildman–Crippen MR) is 127 cm³/mol. The second-order valence-corrected chi connectivity index (χ2v) is 8.25.